The van der Waals surface area contributed by atoms with Gasteiger partial charge >= 0.3 is 0 Å². The third-order valence-electron chi connectivity index (χ3n) is 4.39. The fraction of sp³-hybridized carbons (Fsp3) is 0.556. The van der Waals surface area contributed by atoms with Crippen LogP contribution in [0.2, 0.25) is 5.02 Å². The number of carbonyl (C=O) groups excluding carboxylic acids is 2. The second-order valence-electron chi connectivity index (χ2n) is 6.20. The van der Waals surface area contributed by atoms with E-state index in [4.69, 9.17) is 11.6 Å². The minimum Gasteiger partial charge on any atom is -0.352 e. The van der Waals surface area contributed by atoms with Gasteiger partial charge in [0.05, 0.1) is 5.75 Å². The van der Waals surface area contributed by atoms with Gasteiger partial charge in [0.2, 0.25) is 11.8 Å². The van der Waals surface area contributed by atoms with Crippen LogP contribution in [0.15, 0.2) is 24.3 Å². The fourth-order valence-electron chi connectivity index (χ4n) is 2.96. The lowest BCUT2D eigenvalue weighted by atomic mass is 9.92. The van der Waals surface area contributed by atoms with Crippen LogP contribution in [0.3, 0.4) is 0 Å². The summed E-state index contributed by atoms with van der Waals surface area (Å²) in [4.78, 5) is 25.8. The molecule has 1 aliphatic heterocycles. The lowest BCUT2D eigenvalue weighted by Crippen LogP contribution is -2.39. The number of hydrogen-bond donors (Lipinski definition) is 1. The highest BCUT2D eigenvalue weighted by atomic mass is 35.5. The molecule has 2 amide bonds. The summed E-state index contributed by atoms with van der Waals surface area (Å²) in [6.45, 7) is 2.17. The van der Waals surface area contributed by atoms with Crippen LogP contribution in [0.4, 0.5) is 0 Å². The first-order valence-corrected chi connectivity index (χ1v) is 10.1. The normalized spacial score (nSPS) is 15.3. The summed E-state index contributed by atoms with van der Waals surface area (Å²) in [7, 11) is 0. The first-order valence-electron chi connectivity index (χ1n) is 8.36. The van der Waals surface area contributed by atoms with E-state index < -0.39 is 0 Å². The van der Waals surface area contributed by atoms with E-state index in [-0.39, 0.29) is 11.8 Å². The maximum atomic E-state index is 12.0. The Morgan fingerprint density at radius 1 is 1.33 bits per heavy atom. The largest absolute Gasteiger partial charge is 0.352 e. The topological polar surface area (TPSA) is 49.4 Å². The maximum absolute atomic E-state index is 12.0. The average Bonchev–Trinajstić information content (AvgIpc) is 2.59. The van der Waals surface area contributed by atoms with E-state index in [9.17, 15) is 9.59 Å². The number of thioether (sulfide) groups is 1. The van der Waals surface area contributed by atoms with Gasteiger partial charge in [0.25, 0.3) is 0 Å². The Labute approximate surface area is 153 Å². The van der Waals surface area contributed by atoms with Crippen molar-refractivity contribution in [3.8, 4) is 0 Å². The lowest BCUT2D eigenvalue weighted by Gasteiger charge is -2.31. The van der Waals surface area contributed by atoms with Crippen molar-refractivity contribution >= 4 is 35.2 Å². The molecule has 24 heavy (non-hydrogen) atoms. The highest BCUT2D eigenvalue weighted by molar-refractivity contribution is 7.99. The fourth-order valence-corrected chi connectivity index (χ4v) is 3.60. The Bertz CT molecular complexity index is 560. The van der Waals surface area contributed by atoms with Crippen molar-refractivity contribution in [1.29, 1.82) is 0 Å². The minimum absolute atomic E-state index is 0.0795. The van der Waals surface area contributed by atoms with Crippen LogP contribution in [-0.4, -0.2) is 41.8 Å². The number of rotatable bonds is 7. The molecule has 1 aromatic rings. The van der Waals surface area contributed by atoms with Crippen molar-refractivity contribution in [3.05, 3.63) is 34.9 Å². The van der Waals surface area contributed by atoms with Crippen molar-refractivity contribution in [2.45, 2.75) is 32.2 Å². The van der Waals surface area contributed by atoms with Gasteiger partial charge in [-0.3, -0.25) is 9.59 Å². The monoisotopic (exact) mass is 368 g/mol. The molecule has 0 unspecified atom stereocenters. The van der Waals surface area contributed by atoms with Gasteiger partial charge in [0.15, 0.2) is 0 Å². The quantitative estimate of drug-likeness (QED) is 0.803. The molecule has 2 rings (SSSR count). The van der Waals surface area contributed by atoms with Gasteiger partial charge in [-0.1, -0.05) is 23.7 Å². The standard InChI is InChI=1S/C18H25ClN2O2S/c1-24-13-18(23)21-9-7-14(8-10-21)5-6-17(22)20-12-15-3-2-4-16(19)11-15/h2-4,11,14H,5-10,12-13H2,1H3,(H,20,22). The second-order valence-corrected chi connectivity index (χ2v) is 7.50. The highest BCUT2D eigenvalue weighted by Crippen LogP contribution is 2.22. The first-order chi connectivity index (χ1) is 11.6. The molecule has 6 heteroatoms. The molecular formula is C18H25ClN2O2S. The van der Waals surface area contributed by atoms with Gasteiger partial charge in [-0.25, -0.2) is 0 Å². The predicted molar refractivity (Wildman–Crippen MR) is 100 cm³/mol. The number of halogens is 1. The van der Waals surface area contributed by atoms with Crippen LogP contribution < -0.4 is 5.32 Å². The number of hydrogen-bond acceptors (Lipinski definition) is 3. The van der Waals surface area contributed by atoms with E-state index >= 15 is 0 Å². The molecular weight excluding hydrogens is 344 g/mol. The Kier molecular flexibility index (Phi) is 7.92. The van der Waals surface area contributed by atoms with Gasteiger partial charge in [-0.2, -0.15) is 11.8 Å². The summed E-state index contributed by atoms with van der Waals surface area (Å²) in [5.41, 5.74) is 1.01. The molecule has 0 saturated carbocycles. The van der Waals surface area contributed by atoms with E-state index in [0.29, 0.717) is 29.7 Å². The van der Waals surface area contributed by atoms with E-state index in [1.807, 2.05) is 35.4 Å². The summed E-state index contributed by atoms with van der Waals surface area (Å²) >= 11 is 7.51. The molecule has 0 aliphatic carbocycles. The molecule has 4 nitrogen and oxygen atoms in total. The molecule has 1 N–H and O–H groups in total. The minimum atomic E-state index is 0.0795. The Morgan fingerprint density at radius 2 is 2.08 bits per heavy atom. The van der Waals surface area contributed by atoms with Gasteiger partial charge in [0.1, 0.15) is 0 Å². The lowest BCUT2D eigenvalue weighted by molar-refractivity contribution is -0.130. The number of piperidine rings is 1. The van der Waals surface area contributed by atoms with E-state index in [0.717, 1.165) is 37.9 Å². The number of carbonyl (C=O) groups is 2. The molecule has 0 bridgehead atoms. The van der Waals surface area contributed by atoms with Crippen molar-refractivity contribution in [2.24, 2.45) is 5.92 Å². The second kappa shape index (κ2) is 9.94. The van der Waals surface area contributed by atoms with E-state index in [2.05, 4.69) is 5.32 Å². The van der Waals surface area contributed by atoms with Crippen molar-refractivity contribution in [3.63, 3.8) is 0 Å². The zero-order valence-electron chi connectivity index (χ0n) is 14.1. The number of likely N-dealkylation sites (tertiary alicyclic amines) is 1. The third-order valence-corrected chi connectivity index (χ3v) is 5.16. The maximum Gasteiger partial charge on any atom is 0.232 e. The highest BCUT2D eigenvalue weighted by Gasteiger charge is 2.22. The Hall–Kier alpha value is -1.20. The third kappa shape index (κ3) is 6.36. The molecule has 1 heterocycles. The number of nitrogens with one attached hydrogen (secondary N) is 1. The smallest absolute Gasteiger partial charge is 0.232 e. The Balaban J connectivity index is 1.63. The van der Waals surface area contributed by atoms with Gasteiger partial charge in [0, 0.05) is 31.1 Å². The van der Waals surface area contributed by atoms with Crippen LogP contribution >= 0.6 is 23.4 Å². The molecule has 1 fully saturated rings. The predicted octanol–water partition coefficient (Wildman–Crippen LogP) is 3.34. The summed E-state index contributed by atoms with van der Waals surface area (Å²) < 4.78 is 0. The molecule has 0 atom stereocenters. The zero-order valence-corrected chi connectivity index (χ0v) is 15.7. The molecule has 1 saturated heterocycles. The van der Waals surface area contributed by atoms with Crippen molar-refractivity contribution in [1.82, 2.24) is 10.2 Å². The number of nitrogens with zero attached hydrogens (tertiary/aromatic N) is 1. The number of amides is 2. The molecule has 0 spiro atoms. The van der Waals surface area contributed by atoms with Crippen molar-refractivity contribution < 1.29 is 9.59 Å². The summed E-state index contributed by atoms with van der Waals surface area (Å²) in [5.74, 6) is 1.42. The first kappa shape index (κ1) is 19.1. The van der Waals surface area contributed by atoms with Crippen LogP contribution in [0, 0.1) is 5.92 Å². The molecule has 0 aromatic heterocycles. The van der Waals surface area contributed by atoms with Crippen molar-refractivity contribution in [2.75, 3.05) is 25.1 Å². The van der Waals surface area contributed by atoms with Crippen LogP contribution in [0.25, 0.3) is 0 Å². The average molecular weight is 369 g/mol. The molecule has 0 radical (unpaired) electrons. The molecule has 1 aromatic carbocycles. The van der Waals surface area contributed by atoms with Gasteiger partial charge in [-0.15, -0.1) is 0 Å². The Morgan fingerprint density at radius 3 is 2.75 bits per heavy atom. The molecule has 1 aliphatic rings. The SMILES string of the molecule is CSCC(=O)N1CCC(CCC(=O)NCc2cccc(Cl)c2)CC1. The zero-order chi connectivity index (χ0) is 17.4. The molecule has 132 valence electrons. The van der Waals surface area contributed by atoms with Crippen LogP contribution in [-0.2, 0) is 16.1 Å². The van der Waals surface area contributed by atoms with Gasteiger partial charge < -0.3 is 10.2 Å². The number of benzene rings is 1. The summed E-state index contributed by atoms with van der Waals surface area (Å²) in [6, 6.07) is 7.52. The van der Waals surface area contributed by atoms with Gasteiger partial charge in [-0.05, 0) is 49.1 Å². The summed E-state index contributed by atoms with van der Waals surface area (Å²) in [6.07, 6.45) is 5.39. The van der Waals surface area contributed by atoms with Crippen LogP contribution in [0.1, 0.15) is 31.2 Å². The van der Waals surface area contributed by atoms with E-state index in [1.165, 1.54) is 0 Å². The summed E-state index contributed by atoms with van der Waals surface area (Å²) in [5, 5.41) is 3.63. The van der Waals surface area contributed by atoms with Crippen LogP contribution in [0.5, 0.6) is 0 Å². The van der Waals surface area contributed by atoms with E-state index in [1.54, 1.807) is 11.8 Å².